The summed E-state index contributed by atoms with van der Waals surface area (Å²) in [7, 11) is 3.29. The molecule has 2 fully saturated rings. The molecular formula is C20H25N3O4. The normalized spacial score (nSPS) is 21.8. The number of rotatable bonds is 5. The van der Waals surface area contributed by atoms with E-state index in [1.807, 2.05) is 0 Å². The molecule has 2 atom stereocenters. The molecule has 1 saturated carbocycles. The molecule has 1 aliphatic carbocycles. The van der Waals surface area contributed by atoms with Crippen LogP contribution in [0.4, 0.5) is 5.69 Å². The van der Waals surface area contributed by atoms with Crippen LogP contribution in [0.5, 0.6) is 0 Å². The Morgan fingerprint density at radius 1 is 1.07 bits per heavy atom. The summed E-state index contributed by atoms with van der Waals surface area (Å²) in [4.78, 5) is 52.2. The lowest BCUT2D eigenvalue weighted by molar-refractivity contribution is -0.140. The van der Waals surface area contributed by atoms with Crippen LogP contribution < -0.4 is 5.32 Å². The molecule has 1 aromatic carbocycles. The summed E-state index contributed by atoms with van der Waals surface area (Å²) in [5.41, 5.74) is 0.823. The van der Waals surface area contributed by atoms with Gasteiger partial charge in [0.05, 0.1) is 23.1 Å². The van der Waals surface area contributed by atoms with Gasteiger partial charge in [0.15, 0.2) is 0 Å². The van der Waals surface area contributed by atoms with Gasteiger partial charge in [0.25, 0.3) is 5.91 Å². The van der Waals surface area contributed by atoms with Gasteiger partial charge < -0.3 is 10.2 Å². The minimum atomic E-state index is -0.329. The smallest absolute Gasteiger partial charge is 0.255 e. The summed E-state index contributed by atoms with van der Waals surface area (Å²) in [6, 6.07) is 6.78. The fraction of sp³-hybridized carbons (Fsp3) is 0.500. The summed E-state index contributed by atoms with van der Waals surface area (Å²) >= 11 is 0. The number of nitrogens with zero attached hydrogens (tertiary/aromatic N) is 2. The van der Waals surface area contributed by atoms with Gasteiger partial charge in [-0.1, -0.05) is 25.0 Å². The van der Waals surface area contributed by atoms with E-state index in [9.17, 15) is 19.2 Å². The Bertz CT molecular complexity index is 750. The van der Waals surface area contributed by atoms with E-state index in [-0.39, 0.29) is 48.4 Å². The molecule has 1 heterocycles. The van der Waals surface area contributed by atoms with Crippen molar-refractivity contribution < 1.29 is 19.2 Å². The van der Waals surface area contributed by atoms with Crippen molar-refractivity contribution in [1.29, 1.82) is 0 Å². The number of para-hydroxylation sites is 1. The zero-order valence-electron chi connectivity index (χ0n) is 15.7. The number of fused-ring (bicyclic) bond motifs is 1. The minimum absolute atomic E-state index is 0.0153. The van der Waals surface area contributed by atoms with E-state index < -0.39 is 0 Å². The Kier molecular flexibility index (Phi) is 5.58. The molecule has 1 aliphatic heterocycles. The third-order valence-corrected chi connectivity index (χ3v) is 5.33. The molecule has 1 aromatic rings. The van der Waals surface area contributed by atoms with Crippen molar-refractivity contribution in [2.24, 2.45) is 11.8 Å². The molecule has 0 spiro atoms. The molecule has 1 N–H and O–H groups in total. The van der Waals surface area contributed by atoms with E-state index in [0.717, 1.165) is 25.7 Å². The lowest BCUT2D eigenvalue weighted by atomic mass is 9.81. The second-order valence-corrected chi connectivity index (χ2v) is 7.37. The van der Waals surface area contributed by atoms with Gasteiger partial charge in [-0.05, 0) is 25.0 Å². The Hall–Kier alpha value is -2.70. The van der Waals surface area contributed by atoms with Gasteiger partial charge in [-0.25, -0.2) is 0 Å². The SMILES string of the molecule is CN(C)C(=O)c1ccccc1NC(=O)CCN1C(=O)C2CCCCC2C1=O. The minimum Gasteiger partial charge on any atom is -0.345 e. The highest BCUT2D eigenvalue weighted by atomic mass is 16.2. The Morgan fingerprint density at radius 2 is 1.67 bits per heavy atom. The lowest BCUT2D eigenvalue weighted by Crippen LogP contribution is -2.34. The molecule has 1 saturated heterocycles. The van der Waals surface area contributed by atoms with Crippen molar-refractivity contribution in [3.63, 3.8) is 0 Å². The average Bonchev–Trinajstić information content (AvgIpc) is 2.91. The van der Waals surface area contributed by atoms with E-state index >= 15 is 0 Å². The molecule has 3 rings (SSSR count). The molecule has 0 aromatic heterocycles. The first-order valence-electron chi connectivity index (χ1n) is 9.36. The van der Waals surface area contributed by atoms with E-state index in [1.165, 1.54) is 9.80 Å². The van der Waals surface area contributed by atoms with E-state index in [1.54, 1.807) is 38.4 Å². The van der Waals surface area contributed by atoms with Crippen molar-refractivity contribution >= 4 is 29.3 Å². The third-order valence-electron chi connectivity index (χ3n) is 5.33. The molecule has 27 heavy (non-hydrogen) atoms. The number of hydrogen-bond donors (Lipinski definition) is 1. The predicted octanol–water partition coefficient (Wildman–Crippen LogP) is 1.89. The van der Waals surface area contributed by atoms with Gasteiger partial charge in [0, 0.05) is 27.1 Å². The first-order chi connectivity index (χ1) is 12.9. The molecule has 7 nitrogen and oxygen atoms in total. The van der Waals surface area contributed by atoms with Gasteiger partial charge in [-0.15, -0.1) is 0 Å². The van der Waals surface area contributed by atoms with Crippen molar-refractivity contribution in [3.8, 4) is 0 Å². The maximum Gasteiger partial charge on any atom is 0.255 e. The fourth-order valence-electron chi connectivity index (χ4n) is 3.90. The summed E-state index contributed by atoms with van der Waals surface area (Å²) in [6.07, 6.45) is 3.49. The van der Waals surface area contributed by atoms with Crippen molar-refractivity contribution in [1.82, 2.24) is 9.80 Å². The topological polar surface area (TPSA) is 86.8 Å². The highest BCUT2D eigenvalue weighted by Gasteiger charge is 2.47. The van der Waals surface area contributed by atoms with E-state index in [2.05, 4.69) is 5.32 Å². The molecule has 4 amide bonds. The average molecular weight is 371 g/mol. The summed E-state index contributed by atoms with van der Waals surface area (Å²) < 4.78 is 0. The predicted molar refractivity (Wildman–Crippen MR) is 99.9 cm³/mol. The van der Waals surface area contributed by atoms with Crippen LogP contribution in [0.2, 0.25) is 0 Å². The van der Waals surface area contributed by atoms with Gasteiger partial charge in [-0.3, -0.25) is 24.1 Å². The molecule has 2 aliphatic rings. The first-order valence-corrected chi connectivity index (χ1v) is 9.36. The number of anilines is 1. The molecule has 2 unspecified atom stereocenters. The largest absolute Gasteiger partial charge is 0.345 e. The Morgan fingerprint density at radius 3 is 2.26 bits per heavy atom. The quantitative estimate of drug-likeness (QED) is 0.801. The number of hydrogen-bond acceptors (Lipinski definition) is 4. The van der Waals surface area contributed by atoms with Gasteiger partial charge in [-0.2, -0.15) is 0 Å². The molecule has 7 heteroatoms. The summed E-state index contributed by atoms with van der Waals surface area (Å²) in [5.74, 6) is -1.22. The van der Waals surface area contributed by atoms with Crippen LogP contribution in [-0.4, -0.2) is 54.1 Å². The maximum atomic E-state index is 12.5. The molecule has 0 radical (unpaired) electrons. The van der Waals surface area contributed by atoms with Crippen LogP contribution in [0.25, 0.3) is 0 Å². The second kappa shape index (κ2) is 7.90. The third kappa shape index (κ3) is 3.86. The number of nitrogens with one attached hydrogen (secondary N) is 1. The van der Waals surface area contributed by atoms with Crippen LogP contribution in [0.15, 0.2) is 24.3 Å². The highest BCUT2D eigenvalue weighted by molar-refractivity contribution is 6.06. The van der Waals surface area contributed by atoms with Crippen LogP contribution in [0, 0.1) is 11.8 Å². The Labute approximate surface area is 158 Å². The first kappa shape index (κ1) is 19.1. The van der Waals surface area contributed by atoms with Crippen molar-refractivity contribution in [3.05, 3.63) is 29.8 Å². The zero-order chi connectivity index (χ0) is 19.6. The van der Waals surface area contributed by atoms with Crippen molar-refractivity contribution in [2.45, 2.75) is 32.1 Å². The van der Waals surface area contributed by atoms with Gasteiger partial charge in [0.2, 0.25) is 17.7 Å². The van der Waals surface area contributed by atoms with E-state index in [0.29, 0.717) is 11.3 Å². The van der Waals surface area contributed by atoms with Crippen molar-refractivity contribution in [2.75, 3.05) is 26.0 Å². The van der Waals surface area contributed by atoms with Crippen LogP contribution in [0.3, 0.4) is 0 Å². The van der Waals surface area contributed by atoms with E-state index in [4.69, 9.17) is 0 Å². The number of benzene rings is 1. The number of carbonyl (C=O) groups excluding carboxylic acids is 4. The Balaban J connectivity index is 1.62. The standard InChI is InChI=1S/C20H25N3O4/c1-22(2)18(25)15-9-5-6-10-16(15)21-17(24)11-12-23-19(26)13-7-3-4-8-14(13)20(23)27/h5-6,9-10,13-14H,3-4,7-8,11-12H2,1-2H3,(H,21,24). The molecular weight excluding hydrogens is 346 g/mol. The number of carbonyl (C=O) groups is 4. The summed E-state index contributed by atoms with van der Waals surface area (Å²) in [5, 5.41) is 2.73. The maximum absolute atomic E-state index is 12.5. The highest BCUT2D eigenvalue weighted by Crippen LogP contribution is 2.38. The van der Waals surface area contributed by atoms with Crippen LogP contribution >= 0.6 is 0 Å². The monoisotopic (exact) mass is 371 g/mol. The molecule has 0 bridgehead atoms. The van der Waals surface area contributed by atoms with Gasteiger partial charge >= 0.3 is 0 Å². The number of amides is 4. The molecule has 144 valence electrons. The lowest BCUT2D eigenvalue weighted by Gasteiger charge is -2.19. The fourth-order valence-corrected chi connectivity index (χ4v) is 3.90. The number of likely N-dealkylation sites (tertiary alicyclic amines) is 1. The number of imide groups is 1. The summed E-state index contributed by atoms with van der Waals surface area (Å²) in [6.45, 7) is 0.0836. The second-order valence-electron chi connectivity index (χ2n) is 7.37. The van der Waals surface area contributed by atoms with Crippen LogP contribution in [-0.2, 0) is 14.4 Å². The van der Waals surface area contributed by atoms with Gasteiger partial charge in [0.1, 0.15) is 0 Å². The van der Waals surface area contributed by atoms with Crippen LogP contribution in [0.1, 0.15) is 42.5 Å². The zero-order valence-corrected chi connectivity index (χ0v) is 15.7.